The molecule has 0 saturated carbocycles. The van der Waals surface area contributed by atoms with E-state index in [0.717, 1.165) is 31.9 Å². The SMILES string of the molecule is COC(=O)c1ccc(CN2CCNCC2C)nc1.Cl. The van der Waals surface area contributed by atoms with Gasteiger partial charge in [-0.15, -0.1) is 12.4 Å². The van der Waals surface area contributed by atoms with Crippen molar-refractivity contribution < 1.29 is 9.53 Å². The summed E-state index contributed by atoms with van der Waals surface area (Å²) in [6, 6.07) is 4.17. The molecule has 0 aliphatic carbocycles. The van der Waals surface area contributed by atoms with Crippen molar-refractivity contribution in [2.24, 2.45) is 0 Å². The van der Waals surface area contributed by atoms with E-state index in [1.165, 1.54) is 7.11 Å². The highest BCUT2D eigenvalue weighted by Crippen LogP contribution is 2.09. The molecule has 0 bridgehead atoms. The minimum absolute atomic E-state index is 0. The molecule has 0 spiro atoms. The van der Waals surface area contributed by atoms with E-state index in [1.807, 2.05) is 6.07 Å². The fourth-order valence-electron chi connectivity index (χ4n) is 2.08. The molecular weight excluding hydrogens is 266 g/mol. The van der Waals surface area contributed by atoms with Gasteiger partial charge in [-0.1, -0.05) is 0 Å². The van der Waals surface area contributed by atoms with Gasteiger partial charge in [-0.2, -0.15) is 0 Å². The zero-order valence-corrected chi connectivity index (χ0v) is 12.1. The van der Waals surface area contributed by atoms with Crippen molar-refractivity contribution in [1.82, 2.24) is 15.2 Å². The molecule has 1 aromatic rings. The van der Waals surface area contributed by atoms with Crippen molar-refractivity contribution in [3.05, 3.63) is 29.6 Å². The molecule has 19 heavy (non-hydrogen) atoms. The number of piperazine rings is 1. The Morgan fingerprint density at radius 2 is 2.37 bits per heavy atom. The first-order valence-corrected chi connectivity index (χ1v) is 6.18. The Bertz CT molecular complexity index is 411. The number of ether oxygens (including phenoxy) is 1. The number of esters is 1. The van der Waals surface area contributed by atoms with Gasteiger partial charge in [0, 0.05) is 38.4 Å². The molecule has 106 valence electrons. The third-order valence-corrected chi connectivity index (χ3v) is 3.25. The molecule has 0 radical (unpaired) electrons. The van der Waals surface area contributed by atoms with Gasteiger partial charge < -0.3 is 10.1 Å². The molecule has 2 heterocycles. The van der Waals surface area contributed by atoms with E-state index in [-0.39, 0.29) is 18.4 Å². The molecular formula is C13H20ClN3O2. The Morgan fingerprint density at radius 3 is 2.95 bits per heavy atom. The number of methoxy groups -OCH3 is 1. The van der Waals surface area contributed by atoms with E-state index < -0.39 is 0 Å². The van der Waals surface area contributed by atoms with E-state index in [9.17, 15) is 4.79 Å². The van der Waals surface area contributed by atoms with Gasteiger partial charge in [-0.05, 0) is 19.1 Å². The second kappa shape index (κ2) is 7.43. The van der Waals surface area contributed by atoms with E-state index in [2.05, 4.69) is 26.9 Å². The molecule has 1 unspecified atom stereocenters. The highest BCUT2D eigenvalue weighted by molar-refractivity contribution is 5.88. The summed E-state index contributed by atoms with van der Waals surface area (Å²) in [4.78, 5) is 18.0. The van der Waals surface area contributed by atoms with Crippen LogP contribution in [0, 0.1) is 0 Å². The van der Waals surface area contributed by atoms with Crippen molar-refractivity contribution in [3.63, 3.8) is 0 Å². The molecule has 1 aromatic heterocycles. The average Bonchev–Trinajstić information content (AvgIpc) is 2.41. The Labute approximate surface area is 119 Å². The molecule has 1 saturated heterocycles. The molecule has 1 aliphatic heterocycles. The van der Waals surface area contributed by atoms with Gasteiger partial charge in [-0.25, -0.2) is 4.79 Å². The third kappa shape index (κ3) is 4.16. The van der Waals surface area contributed by atoms with E-state index in [4.69, 9.17) is 0 Å². The molecule has 1 fully saturated rings. The number of halogens is 1. The summed E-state index contributed by atoms with van der Waals surface area (Å²) in [7, 11) is 1.37. The fraction of sp³-hybridized carbons (Fsp3) is 0.538. The maximum atomic E-state index is 11.3. The van der Waals surface area contributed by atoms with Crippen LogP contribution < -0.4 is 5.32 Å². The van der Waals surface area contributed by atoms with Crippen LogP contribution in [-0.4, -0.2) is 48.6 Å². The number of carbonyl (C=O) groups is 1. The van der Waals surface area contributed by atoms with Gasteiger partial charge >= 0.3 is 5.97 Å². The van der Waals surface area contributed by atoms with Crippen LogP contribution in [0.5, 0.6) is 0 Å². The first-order valence-electron chi connectivity index (χ1n) is 6.18. The lowest BCUT2D eigenvalue weighted by atomic mass is 10.2. The molecule has 0 aromatic carbocycles. The smallest absolute Gasteiger partial charge is 0.339 e. The zero-order valence-electron chi connectivity index (χ0n) is 11.3. The van der Waals surface area contributed by atoms with Crippen LogP contribution in [0.25, 0.3) is 0 Å². The first-order chi connectivity index (χ1) is 8.70. The number of rotatable bonds is 3. The molecule has 1 aliphatic rings. The quantitative estimate of drug-likeness (QED) is 0.843. The molecule has 5 nitrogen and oxygen atoms in total. The van der Waals surface area contributed by atoms with Crippen molar-refractivity contribution in [2.75, 3.05) is 26.7 Å². The maximum Gasteiger partial charge on any atom is 0.339 e. The molecule has 2 rings (SSSR count). The first kappa shape index (κ1) is 15.9. The lowest BCUT2D eigenvalue weighted by Gasteiger charge is -2.33. The standard InChI is InChI=1S/C13H19N3O2.ClH/c1-10-7-14-5-6-16(10)9-12-4-3-11(8-15-12)13(17)18-2;/h3-4,8,10,14H,5-7,9H2,1-2H3;1H. The van der Waals surface area contributed by atoms with Crippen molar-refractivity contribution in [3.8, 4) is 0 Å². The summed E-state index contributed by atoms with van der Waals surface area (Å²) in [5.74, 6) is -0.343. The van der Waals surface area contributed by atoms with Crippen LogP contribution in [0.4, 0.5) is 0 Å². The number of nitrogens with zero attached hydrogens (tertiary/aromatic N) is 2. The summed E-state index contributed by atoms with van der Waals surface area (Å²) in [6.07, 6.45) is 1.58. The Hall–Kier alpha value is -1.17. The normalized spacial score (nSPS) is 19.6. The predicted octanol–water partition coefficient (Wildman–Crippen LogP) is 1.08. The largest absolute Gasteiger partial charge is 0.465 e. The number of carbonyl (C=O) groups excluding carboxylic acids is 1. The number of aromatic nitrogens is 1. The molecule has 1 N–H and O–H groups in total. The summed E-state index contributed by atoms with van der Waals surface area (Å²) in [5, 5.41) is 3.36. The molecule has 0 amide bonds. The van der Waals surface area contributed by atoms with Gasteiger partial charge in [0.15, 0.2) is 0 Å². The van der Waals surface area contributed by atoms with Crippen LogP contribution in [0.15, 0.2) is 18.3 Å². The van der Waals surface area contributed by atoms with Gasteiger partial charge in [0.25, 0.3) is 0 Å². The van der Waals surface area contributed by atoms with E-state index in [0.29, 0.717) is 11.6 Å². The number of nitrogens with one attached hydrogen (secondary N) is 1. The Kier molecular flexibility index (Phi) is 6.21. The summed E-state index contributed by atoms with van der Waals surface area (Å²) >= 11 is 0. The summed E-state index contributed by atoms with van der Waals surface area (Å²) < 4.78 is 4.65. The predicted molar refractivity (Wildman–Crippen MR) is 75.6 cm³/mol. The number of hydrogen-bond donors (Lipinski definition) is 1. The van der Waals surface area contributed by atoms with Gasteiger partial charge in [-0.3, -0.25) is 9.88 Å². The minimum Gasteiger partial charge on any atom is -0.465 e. The van der Waals surface area contributed by atoms with Crippen LogP contribution in [0.2, 0.25) is 0 Å². The van der Waals surface area contributed by atoms with Crippen molar-refractivity contribution in [1.29, 1.82) is 0 Å². The monoisotopic (exact) mass is 285 g/mol. The second-order valence-corrected chi connectivity index (χ2v) is 4.55. The van der Waals surface area contributed by atoms with Crippen LogP contribution in [0.1, 0.15) is 23.0 Å². The van der Waals surface area contributed by atoms with Gasteiger partial charge in [0.05, 0.1) is 18.4 Å². The molecule has 6 heteroatoms. The van der Waals surface area contributed by atoms with Crippen molar-refractivity contribution >= 4 is 18.4 Å². The molecule has 1 atom stereocenters. The van der Waals surface area contributed by atoms with E-state index in [1.54, 1.807) is 12.3 Å². The maximum absolute atomic E-state index is 11.3. The van der Waals surface area contributed by atoms with E-state index >= 15 is 0 Å². The van der Waals surface area contributed by atoms with Gasteiger partial charge in [0.1, 0.15) is 0 Å². The summed E-state index contributed by atoms with van der Waals surface area (Å²) in [5.41, 5.74) is 1.48. The van der Waals surface area contributed by atoms with Crippen LogP contribution >= 0.6 is 12.4 Å². The number of hydrogen-bond acceptors (Lipinski definition) is 5. The number of pyridine rings is 1. The average molecular weight is 286 g/mol. The highest BCUT2D eigenvalue weighted by atomic mass is 35.5. The lowest BCUT2D eigenvalue weighted by Crippen LogP contribution is -2.49. The highest BCUT2D eigenvalue weighted by Gasteiger charge is 2.18. The fourth-order valence-corrected chi connectivity index (χ4v) is 2.08. The van der Waals surface area contributed by atoms with Crippen LogP contribution in [-0.2, 0) is 11.3 Å². The van der Waals surface area contributed by atoms with Crippen molar-refractivity contribution in [2.45, 2.75) is 19.5 Å². The topological polar surface area (TPSA) is 54.5 Å². The lowest BCUT2D eigenvalue weighted by molar-refractivity contribution is 0.0600. The third-order valence-electron chi connectivity index (χ3n) is 3.25. The second-order valence-electron chi connectivity index (χ2n) is 4.55. The van der Waals surface area contributed by atoms with Crippen LogP contribution in [0.3, 0.4) is 0 Å². The zero-order chi connectivity index (χ0) is 13.0. The minimum atomic E-state index is -0.343. The Morgan fingerprint density at radius 1 is 1.58 bits per heavy atom. The summed E-state index contributed by atoms with van der Waals surface area (Å²) in [6.45, 7) is 6.09. The Balaban J connectivity index is 0.00000180. The van der Waals surface area contributed by atoms with Gasteiger partial charge in [0.2, 0.25) is 0 Å².